The van der Waals surface area contributed by atoms with Gasteiger partial charge in [-0.15, -0.1) is 10.2 Å². The zero-order chi connectivity index (χ0) is 23.2. The molecule has 0 saturated carbocycles. The average Bonchev–Trinajstić information content (AvgIpc) is 2.85. The molecule has 4 aromatic rings. The number of rotatable bonds is 7. The quantitative estimate of drug-likeness (QED) is 0.230. The van der Waals surface area contributed by atoms with Gasteiger partial charge in [0, 0.05) is 17.2 Å². The van der Waals surface area contributed by atoms with Gasteiger partial charge >= 0.3 is 0 Å². The van der Waals surface area contributed by atoms with Gasteiger partial charge in [-0.25, -0.2) is 4.98 Å². The first-order valence-corrected chi connectivity index (χ1v) is 11.0. The van der Waals surface area contributed by atoms with Crippen LogP contribution in [0.2, 0.25) is 0 Å². The van der Waals surface area contributed by atoms with E-state index in [2.05, 4.69) is 15.5 Å². The zero-order valence-corrected chi connectivity index (χ0v) is 18.4. The second kappa shape index (κ2) is 10.0. The second-order valence-corrected chi connectivity index (χ2v) is 8.36. The number of hydrogen-bond donors (Lipinski definition) is 1. The SMILES string of the molecule is CC(Sc1nnc(-c2ccccc2)c(-c2ccccc2)n1)C(=O)Nc1ccccc1[N+](=O)[O-]. The van der Waals surface area contributed by atoms with E-state index in [1.165, 1.54) is 12.1 Å². The number of nitrogens with one attached hydrogen (secondary N) is 1. The third-order valence-electron chi connectivity index (χ3n) is 4.77. The van der Waals surface area contributed by atoms with Gasteiger partial charge in [0.25, 0.3) is 5.69 Å². The van der Waals surface area contributed by atoms with Gasteiger partial charge in [0.05, 0.1) is 10.2 Å². The van der Waals surface area contributed by atoms with Crippen molar-refractivity contribution in [1.29, 1.82) is 0 Å². The Morgan fingerprint density at radius 1 is 0.879 bits per heavy atom. The number of nitrogens with zero attached hydrogens (tertiary/aromatic N) is 4. The van der Waals surface area contributed by atoms with Crippen LogP contribution in [0.15, 0.2) is 90.1 Å². The Balaban J connectivity index is 1.60. The highest BCUT2D eigenvalue weighted by Gasteiger charge is 2.22. The Kier molecular flexibility index (Phi) is 6.70. The van der Waals surface area contributed by atoms with Crippen molar-refractivity contribution in [2.45, 2.75) is 17.3 Å². The molecule has 1 heterocycles. The third kappa shape index (κ3) is 5.21. The molecule has 9 heteroatoms. The summed E-state index contributed by atoms with van der Waals surface area (Å²) >= 11 is 1.13. The molecule has 0 aliphatic carbocycles. The summed E-state index contributed by atoms with van der Waals surface area (Å²) in [6.45, 7) is 1.69. The Labute approximate surface area is 194 Å². The summed E-state index contributed by atoms with van der Waals surface area (Å²) in [5.74, 6) is -0.397. The average molecular weight is 458 g/mol. The number of anilines is 1. The van der Waals surface area contributed by atoms with E-state index >= 15 is 0 Å². The monoisotopic (exact) mass is 457 g/mol. The van der Waals surface area contributed by atoms with Crippen molar-refractivity contribution in [3.8, 4) is 22.5 Å². The highest BCUT2D eigenvalue weighted by molar-refractivity contribution is 8.00. The van der Waals surface area contributed by atoms with Gasteiger partial charge in [-0.2, -0.15) is 0 Å². The maximum absolute atomic E-state index is 12.7. The molecule has 0 bridgehead atoms. The molecule has 1 atom stereocenters. The molecule has 0 radical (unpaired) electrons. The standard InChI is InChI=1S/C24H19N5O3S/c1-16(23(30)25-19-14-8-9-15-20(19)29(31)32)33-24-26-21(17-10-4-2-5-11-17)22(27-28-24)18-12-6-3-7-13-18/h2-16H,1H3,(H,25,30). The van der Waals surface area contributed by atoms with E-state index in [-0.39, 0.29) is 11.4 Å². The number of hydrogen-bond acceptors (Lipinski definition) is 7. The minimum absolute atomic E-state index is 0.142. The number of nitro groups is 1. The lowest BCUT2D eigenvalue weighted by atomic mass is 10.0. The summed E-state index contributed by atoms with van der Waals surface area (Å²) in [5, 5.41) is 22.2. The van der Waals surface area contributed by atoms with Crippen LogP contribution in [0.25, 0.3) is 22.5 Å². The molecule has 3 aromatic carbocycles. The predicted octanol–water partition coefficient (Wildman–Crippen LogP) is 5.23. The lowest BCUT2D eigenvalue weighted by molar-refractivity contribution is -0.383. The summed E-state index contributed by atoms with van der Waals surface area (Å²) in [7, 11) is 0. The van der Waals surface area contributed by atoms with E-state index in [9.17, 15) is 14.9 Å². The second-order valence-electron chi connectivity index (χ2n) is 7.05. The maximum atomic E-state index is 12.7. The first kappa shape index (κ1) is 22.1. The Morgan fingerprint density at radius 3 is 2.09 bits per heavy atom. The van der Waals surface area contributed by atoms with Gasteiger partial charge in [0.15, 0.2) is 0 Å². The lowest BCUT2D eigenvalue weighted by Crippen LogP contribution is -2.23. The summed E-state index contributed by atoms with van der Waals surface area (Å²) < 4.78 is 0. The van der Waals surface area contributed by atoms with Gasteiger partial charge in [-0.05, 0) is 13.0 Å². The van der Waals surface area contributed by atoms with E-state index in [1.807, 2.05) is 60.7 Å². The summed E-state index contributed by atoms with van der Waals surface area (Å²) in [6, 6.07) is 25.3. The van der Waals surface area contributed by atoms with Crippen molar-refractivity contribution < 1.29 is 9.72 Å². The number of aromatic nitrogens is 3. The van der Waals surface area contributed by atoms with E-state index < -0.39 is 16.1 Å². The molecule has 0 saturated heterocycles. The summed E-state index contributed by atoms with van der Waals surface area (Å²) in [5.41, 5.74) is 3.04. The molecule has 8 nitrogen and oxygen atoms in total. The van der Waals surface area contributed by atoms with Crippen LogP contribution in [0.5, 0.6) is 0 Å². The number of amides is 1. The number of benzene rings is 3. The zero-order valence-electron chi connectivity index (χ0n) is 17.6. The van der Waals surface area contributed by atoms with Crippen LogP contribution in [0.1, 0.15) is 6.92 Å². The van der Waals surface area contributed by atoms with Gasteiger partial charge in [0.2, 0.25) is 11.1 Å². The molecule has 4 rings (SSSR count). The first-order valence-electron chi connectivity index (χ1n) is 10.1. The fourth-order valence-corrected chi connectivity index (χ4v) is 3.85. The largest absolute Gasteiger partial charge is 0.319 e. The highest BCUT2D eigenvalue weighted by Crippen LogP contribution is 2.31. The molecule has 0 aliphatic heterocycles. The number of thioether (sulfide) groups is 1. The molecule has 1 amide bonds. The van der Waals surface area contributed by atoms with Crippen molar-refractivity contribution in [2.24, 2.45) is 0 Å². The lowest BCUT2D eigenvalue weighted by Gasteiger charge is -2.13. The van der Waals surface area contributed by atoms with Gasteiger partial charge in [-0.1, -0.05) is 84.6 Å². The Bertz CT molecular complexity index is 1290. The van der Waals surface area contributed by atoms with E-state index in [1.54, 1.807) is 19.1 Å². The molecule has 0 spiro atoms. The first-order chi connectivity index (χ1) is 16.0. The highest BCUT2D eigenvalue weighted by atomic mass is 32.2. The Hall–Kier alpha value is -4.11. The molecular formula is C24H19N5O3S. The smallest absolute Gasteiger partial charge is 0.292 e. The predicted molar refractivity (Wildman–Crippen MR) is 128 cm³/mol. The van der Waals surface area contributed by atoms with Crippen LogP contribution >= 0.6 is 11.8 Å². The summed E-state index contributed by atoms with van der Waals surface area (Å²) in [6.07, 6.45) is 0. The van der Waals surface area contributed by atoms with Crippen molar-refractivity contribution >= 4 is 29.0 Å². The molecule has 1 aromatic heterocycles. The topological polar surface area (TPSA) is 111 Å². The number of carbonyl (C=O) groups excluding carboxylic acids is 1. The van der Waals surface area contributed by atoms with Crippen molar-refractivity contribution in [3.05, 3.63) is 95.0 Å². The normalized spacial score (nSPS) is 11.5. The van der Waals surface area contributed by atoms with Crippen LogP contribution in [0, 0.1) is 10.1 Å². The van der Waals surface area contributed by atoms with Gasteiger partial charge in [-0.3, -0.25) is 14.9 Å². The maximum Gasteiger partial charge on any atom is 0.292 e. The Morgan fingerprint density at radius 2 is 1.45 bits per heavy atom. The minimum Gasteiger partial charge on any atom is -0.319 e. The van der Waals surface area contributed by atoms with Gasteiger partial charge in [0.1, 0.15) is 17.1 Å². The molecule has 0 aliphatic rings. The van der Waals surface area contributed by atoms with Gasteiger partial charge < -0.3 is 5.32 Å². The van der Waals surface area contributed by atoms with Crippen LogP contribution in [-0.4, -0.2) is 31.3 Å². The number of carbonyl (C=O) groups is 1. The fraction of sp³-hybridized carbons (Fsp3) is 0.0833. The van der Waals surface area contributed by atoms with Crippen LogP contribution in [-0.2, 0) is 4.79 Å². The van der Waals surface area contributed by atoms with Crippen LogP contribution in [0.3, 0.4) is 0 Å². The minimum atomic E-state index is -0.613. The third-order valence-corrected chi connectivity index (χ3v) is 5.72. The van der Waals surface area contributed by atoms with Crippen molar-refractivity contribution in [1.82, 2.24) is 15.2 Å². The van der Waals surface area contributed by atoms with Crippen LogP contribution < -0.4 is 5.32 Å². The molecule has 1 N–H and O–H groups in total. The molecular weight excluding hydrogens is 438 g/mol. The van der Waals surface area contributed by atoms with E-state index in [4.69, 9.17) is 4.98 Å². The molecule has 0 fully saturated rings. The van der Waals surface area contributed by atoms with Crippen molar-refractivity contribution in [3.63, 3.8) is 0 Å². The van der Waals surface area contributed by atoms with E-state index in [0.29, 0.717) is 16.5 Å². The number of para-hydroxylation sites is 2. The summed E-state index contributed by atoms with van der Waals surface area (Å²) in [4.78, 5) is 28.1. The van der Waals surface area contributed by atoms with E-state index in [0.717, 1.165) is 22.9 Å². The van der Waals surface area contributed by atoms with Crippen molar-refractivity contribution in [2.75, 3.05) is 5.32 Å². The van der Waals surface area contributed by atoms with Crippen LogP contribution in [0.4, 0.5) is 11.4 Å². The fourth-order valence-electron chi connectivity index (χ4n) is 3.13. The molecule has 33 heavy (non-hydrogen) atoms. The number of nitro benzene ring substituents is 1. The molecule has 164 valence electrons. The molecule has 1 unspecified atom stereocenters.